The average molecular weight is 767 g/mol. The Bertz CT molecular complexity index is 1790. The fourth-order valence-corrected chi connectivity index (χ4v) is 9.23. The molecule has 2 aliphatic rings. The molecule has 7 atom stereocenters. The molecule has 9 nitrogen and oxygen atoms in total. The minimum absolute atomic E-state index is 0.0365. The van der Waals surface area contributed by atoms with Gasteiger partial charge in [0, 0.05) is 33.7 Å². The summed E-state index contributed by atoms with van der Waals surface area (Å²) in [6, 6.07) is 27.5. The van der Waals surface area contributed by atoms with Crippen LogP contribution in [0.15, 0.2) is 115 Å². The van der Waals surface area contributed by atoms with Gasteiger partial charge in [-0.2, -0.15) is 0 Å². The first-order chi connectivity index (χ1) is 26.9. The van der Waals surface area contributed by atoms with Crippen LogP contribution in [-0.2, 0) is 42.8 Å². The molecule has 0 amide bonds. The minimum Gasteiger partial charge on any atom is -0.463 e. The highest BCUT2D eigenvalue weighted by molar-refractivity contribution is 5.78. The van der Waals surface area contributed by atoms with Gasteiger partial charge in [-0.3, -0.25) is 0 Å². The van der Waals surface area contributed by atoms with Crippen molar-refractivity contribution in [2.75, 3.05) is 34.5 Å². The Kier molecular flexibility index (Phi) is 14.8. The van der Waals surface area contributed by atoms with Crippen molar-refractivity contribution < 1.29 is 42.8 Å². The molecule has 2 aliphatic carbocycles. The molecule has 0 radical (unpaired) electrons. The maximum absolute atomic E-state index is 14.2. The number of methoxy groups -OCH3 is 3. The summed E-state index contributed by atoms with van der Waals surface area (Å²) in [4.78, 5) is 41.1. The molecule has 5 rings (SSSR count). The molecule has 9 heteroatoms. The molecule has 0 saturated heterocycles. The van der Waals surface area contributed by atoms with Gasteiger partial charge < -0.3 is 28.4 Å². The van der Waals surface area contributed by atoms with Crippen LogP contribution in [0.3, 0.4) is 0 Å². The van der Waals surface area contributed by atoms with E-state index in [4.69, 9.17) is 28.4 Å². The molecule has 0 heterocycles. The second-order valence-corrected chi connectivity index (χ2v) is 15.9. The van der Waals surface area contributed by atoms with Gasteiger partial charge >= 0.3 is 17.9 Å². The second kappa shape index (κ2) is 19.5. The fraction of sp³-hybridized carbons (Fsp3) is 0.468. The normalized spacial score (nSPS) is 22.8. The molecule has 3 aromatic carbocycles. The Balaban J connectivity index is 1.51. The van der Waals surface area contributed by atoms with Crippen molar-refractivity contribution >= 4 is 17.9 Å². The van der Waals surface area contributed by atoms with Gasteiger partial charge in [-0.05, 0) is 70.8 Å². The Morgan fingerprint density at radius 2 is 1.20 bits per heavy atom. The predicted molar refractivity (Wildman–Crippen MR) is 214 cm³/mol. The highest BCUT2D eigenvalue weighted by Crippen LogP contribution is 2.62. The zero-order chi connectivity index (χ0) is 40.3. The van der Waals surface area contributed by atoms with Gasteiger partial charge in [-0.15, -0.1) is 0 Å². The van der Waals surface area contributed by atoms with Crippen molar-refractivity contribution in [2.45, 2.75) is 83.7 Å². The third kappa shape index (κ3) is 10.0. The summed E-state index contributed by atoms with van der Waals surface area (Å²) in [5.41, 5.74) is 3.47. The third-order valence-electron chi connectivity index (χ3n) is 11.9. The first-order valence-electron chi connectivity index (χ1n) is 19.6. The highest BCUT2D eigenvalue weighted by Gasteiger charge is 2.55. The highest BCUT2D eigenvalue weighted by atomic mass is 16.6. The lowest BCUT2D eigenvalue weighted by Gasteiger charge is -2.58. The van der Waals surface area contributed by atoms with Crippen LogP contribution in [0.2, 0.25) is 0 Å². The van der Waals surface area contributed by atoms with E-state index in [2.05, 4.69) is 27.4 Å². The molecule has 0 spiro atoms. The largest absolute Gasteiger partial charge is 0.463 e. The van der Waals surface area contributed by atoms with Gasteiger partial charge in [0.05, 0.1) is 6.61 Å². The maximum Gasteiger partial charge on any atom is 0.340 e. The van der Waals surface area contributed by atoms with Crippen molar-refractivity contribution in [3.05, 3.63) is 131 Å². The summed E-state index contributed by atoms with van der Waals surface area (Å²) in [5, 5.41) is 0. The van der Waals surface area contributed by atoms with E-state index in [1.807, 2.05) is 72.8 Å². The number of benzene rings is 3. The molecule has 56 heavy (non-hydrogen) atoms. The number of ether oxygens (including phenoxy) is 6. The molecule has 0 aliphatic heterocycles. The Hall–Kier alpha value is -4.57. The number of esters is 3. The lowest BCUT2D eigenvalue weighted by Crippen LogP contribution is -2.53. The lowest BCUT2D eigenvalue weighted by atomic mass is 9.47. The van der Waals surface area contributed by atoms with Crippen LogP contribution in [0.5, 0.6) is 0 Å². The number of carbonyl (C=O) groups is 3. The van der Waals surface area contributed by atoms with Crippen molar-refractivity contribution in [3.63, 3.8) is 0 Å². The molecule has 2 saturated carbocycles. The van der Waals surface area contributed by atoms with Crippen LogP contribution in [0.4, 0.5) is 0 Å². The maximum atomic E-state index is 14.2. The summed E-state index contributed by atoms with van der Waals surface area (Å²) in [6.07, 6.45) is 3.38. The van der Waals surface area contributed by atoms with E-state index in [-0.39, 0.29) is 36.4 Å². The number of fused-ring (bicyclic) bond motifs is 1. The molecule has 0 aromatic heterocycles. The Morgan fingerprint density at radius 3 is 1.70 bits per heavy atom. The van der Waals surface area contributed by atoms with Crippen LogP contribution >= 0.6 is 0 Å². The van der Waals surface area contributed by atoms with Crippen molar-refractivity contribution in [1.29, 1.82) is 0 Å². The minimum atomic E-state index is -0.963. The Labute approximate surface area is 332 Å². The van der Waals surface area contributed by atoms with Crippen molar-refractivity contribution in [1.82, 2.24) is 0 Å². The quantitative estimate of drug-likeness (QED) is 0.0755. The number of carbonyl (C=O) groups excluding carboxylic acids is 3. The van der Waals surface area contributed by atoms with Crippen LogP contribution in [0.25, 0.3) is 0 Å². The second-order valence-electron chi connectivity index (χ2n) is 15.9. The van der Waals surface area contributed by atoms with Crippen LogP contribution in [0, 0.1) is 22.7 Å². The molecule has 0 N–H and O–H groups in total. The van der Waals surface area contributed by atoms with Gasteiger partial charge in [0.2, 0.25) is 0 Å². The van der Waals surface area contributed by atoms with Gasteiger partial charge in [0.25, 0.3) is 0 Å². The Morgan fingerprint density at radius 1 is 0.714 bits per heavy atom. The monoisotopic (exact) mass is 766 g/mol. The number of hydrogen-bond acceptors (Lipinski definition) is 9. The molecule has 3 aromatic rings. The molecule has 0 unspecified atom stereocenters. The third-order valence-corrected chi connectivity index (χ3v) is 11.9. The van der Waals surface area contributed by atoms with E-state index in [1.165, 1.54) is 21.3 Å². The zero-order valence-electron chi connectivity index (χ0n) is 33.7. The first-order valence-corrected chi connectivity index (χ1v) is 19.6. The fourth-order valence-electron chi connectivity index (χ4n) is 9.23. The van der Waals surface area contributed by atoms with Crippen molar-refractivity contribution in [2.24, 2.45) is 22.7 Å². The molecule has 2 fully saturated rings. The van der Waals surface area contributed by atoms with Crippen LogP contribution < -0.4 is 0 Å². The van der Waals surface area contributed by atoms with Crippen molar-refractivity contribution in [3.8, 4) is 0 Å². The molecule has 0 bridgehead atoms. The van der Waals surface area contributed by atoms with Gasteiger partial charge in [0.15, 0.2) is 18.3 Å². The zero-order valence-corrected chi connectivity index (χ0v) is 33.7. The predicted octanol–water partition coefficient (Wildman–Crippen LogP) is 9.26. The van der Waals surface area contributed by atoms with E-state index in [9.17, 15) is 14.4 Å². The van der Waals surface area contributed by atoms with E-state index >= 15 is 0 Å². The van der Waals surface area contributed by atoms with E-state index in [0.29, 0.717) is 28.2 Å². The van der Waals surface area contributed by atoms with E-state index in [0.717, 1.165) is 37.7 Å². The van der Waals surface area contributed by atoms with Gasteiger partial charge in [-0.1, -0.05) is 130 Å². The van der Waals surface area contributed by atoms with Gasteiger partial charge in [-0.25, -0.2) is 14.4 Å². The topological polar surface area (TPSA) is 107 Å². The molecular formula is C47H58O9. The number of hydrogen-bond donors (Lipinski definition) is 0. The van der Waals surface area contributed by atoms with Crippen LogP contribution in [-0.4, -0.2) is 58.6 Å². The molecular weight excluding hydrogens is 709 g/mol. The van der Waals surface area contributed by atoms with E-state index in [1.54, 1.807) is 24.3 Å². The average Bonchev–Trinajstić information content (AvgIpc) is 3.18. The summed E-state index contributed by atoms with van der Waals surface area (Å²) in [7, 11) is 4.41. The van der Waals surface area contributed by atoms with Gasteiger partial charge in [0.1, 0.15) is 12.7 Å². The summed E-state index contributed by atoms with van der Waals surface area (Å²) in [6.45, 7) is 11.4. The van der Waals surface area contributed by atoms with E-state index < -0.39 is 42.3 Å². The summed E-state index contributed by atoms with van der Waals surface area (Å²) in [5.74, 6) is -1.54. The summed E-state index contributed by atoms with van der Waals surface area (Å²) >= 11 is 0. The smallest absolute Gasteiger partial charge is 0.340 e. The standard InChI is InChI=1S/C47H58O9/c1-32-24-25-38-46(2,3)27-17-28-47(38,4)39(32)37(56-45(50)42(53-7)36-22-15-10-16-23-36)30-33(31-55-44(49)41(52-6)35-20-13-9-14-21-35)26-29-54-43(48)40(51-5)34-18-11-8-12-19-34/h8-16,18-23,30,37-42H,1,17,24-29,31H2,2-7H3/b33-30+/t37-,38-,39+,40-,41-,42-,47-/m0/s1. The summed E-state index contributed by atoms with van der Waals surface area (Å²) < 4.78 is 35.1. The number of rotatable bonds is 17. The molecule has 300 valence electrons. The lowest BCUT2D eigenvalue weighted by molar-refractivity contribution is -0.167. The SMILES string of the molecule is C=C1CC[C@H]2C(C)(C)CCC[C@]2(C)[C@H]1[C@H](/C=C(\CCOC(=O)[C@@H](OC)c1ccccc1)COC(=O)[C@@H](OC)c1ccccc1)OC(=O)[C@@H](OC)c1ccccc1. The first kappa shape index (κ1) is 42.6. The van der Waals surface area contributed by atoms with Crippen LogP contribution in [0.1, 0.15) is 94.3 Å².